The van der Waals surface area contributed by atoms with E-state index in [1.807, 2.05) is 6.92 Å². The van der Waals surface area contributed by atoms with Gasteiger partial charge in [-0.2, -0.15) is 5.26 Å². The van der Waals surface area contributed by atoms with Crippen LogP contribution in [-0.2, 0) is 6.42 Å². The van der Waals surface area contributed by atoms with E-state index in [2.05, 4.69) is 16.4 Å². The molecule has 5 nitrogen and oxygen atoms in total. The van der Waals surface area contributed by atoms with Crippen LogP contribution in [0.4, 0.5) is 0 Å². The lowest BCUT2D eigenvalue weighted by molar-refractivity contribution is 0.127. The molecule has 1 saturated carbocycles. The third-order valence-electron chi connectivity index (χ3n) is 3.63. The molecule has 2 rings (SSSR count). The van der Waals surface area contributed by atoms with Crippen molar-refractivity contribution in [3.63, 3.8) is 0 Å². The molecule has 1 heterocycles. The molecule has 1 aromatic heterocycles. The van der Waals surface area contributed by atoms with Crippen molar-refractivity contribution in [3.8, 4) is 6.07 Å². The molecule has 1 aliphatic rings. The average molecular weight is 234 g/mol. The summed E-state index contributed by atoms with van der Waals surface area (Å²) >= 11 is 0. The Morgan fingerprint density at radius 2 is 2.24 bits per heavy atom. The smallest absolute Gasteiger partial charge is 0.100 e. The zero-order chi connectivity index (χ0) is 12.4. The standard InChI is InChI=1S/C12H18N4O/c1-8(9(2)17)16-12(10-4-3-5-10)11(6-7-13)14-15-16/h8-10,17H,3-6H2,1-2H3. The van der Waals surface area contributed by atoms with E-state index >= 15 is 0 Å². The maximum Gasteiger partial charge on any atom is 0.100 e. The quantitative estimate of drug-likeness (QED) is 0.857. The second kappa shape index (κ2) is 4.84. The van der Waals surface area contributed by atoms with Crippen LogP contribution >= 0.6 is 0 Å². The van der Waals surface area contributed by atoms with Gasteiger partial charge in [-0.05, 0) is 26.7 Å². The summed E-state index contributed by atoms with van der Waals surface area (Å²) in [7, 11) is 0. The molecule has 0 radical (unpaired) electrons. The molecule has 0 spiro atoms. The summed E-state index contributed by atoms with van der Waals surface area (Å²) < 4.78 is 1.81. The summed E-state index contributed by atoms with van der Waals surface area (Å²) in [6.07, 6.45) is 3.34. The average Bonchev–Trinajstić information content (AvgIpc) is 2.59. The molecule has 5 heteroatoms. The fourth-order valence-electron chi connectivity index (χ4n) is 2.14. The van der Waals surface area contributed by atoms with Crippen LogP contribution < -0.4 is 0 Å². The Bertz CT molecular complexity index is 428. The molecule has 0 saturated heterocycles. The van der Waals surface area contributed by atoms with E-state index in [4.69, 9.17) is 5.26 Å². The monoisotopic (exact) mass is 234 g/mol. The van der Waals surface area contributed by atoms with Crippen molar-refractivity contribution in [3.05, 3.63) is 11.4 Å². The first-order valence-corrected chi connectivity index (χ1v) is 6.14. The van der Waals surface area contributed by atoms with E-state index in [0.717, 1.165) is 24.2 Å². The van der Waals surface area contributed by atoms with E-state index in [9.17, 15) is 5.11 Å². The second-order valence-corrected chi connectivity index (χ2v) is 4.81. The Kier molecular flexibility index (Phi) is 3.43. The van der Waals surface area contributed by atoms with E-state index in [0.29, 0.717) is 12.3 Å². The summed E-state index contributed by atoms with van der Waals surface area (Å²) in [6, 6.07) is 2.04. The molecule has 1 aliphatic carbocycles. The molecular formula is C12H18N4O. The molecular weight excluding hydrogens is 216 g/mol. The van der Waals surface area contributed by atoms with Crippen LogP contribution in [0.25, 0.3) is 0 Å². The van der Waals surface area contributed by atoms with E-state index in [1.54, 1.807) is 11.6 Å². The summed E-state index contributed by atoms with van der Waals surface area (Å²) in [5.74, 6) is 0.467. The highest BCUT2D eigenvalue weighted by molar-refractivity contribution is 5.21. The van der Waals surface area contributed by atoms with Crippen LogP contribution in [0.5, 0.6) is 0 Å². The van der Waals surface area contributed by atoms with Crippen LogP contribution in [0.15, 0.2) is 0 Å². The van der Waals surface area contributed by atoms with Crippen molar-refractivity contribution in [2.75, 3.05) is 0 Å². The molecule has 1 N–H and O–H groups in total. The zero-order valence-corrected chi connectivity index (χ0v) is 10.3. The maximum absolute atomic E-state index is 9.66. The molecule has 1 fully saturated rings. The fraction of sp³-hybridized carbons (Fsp3) is 0.750. The van der Waals surface area contributed by atoms with Crippen LogP contribution in [0.2, 0.25) is 0 Å². The Labute approximate surface area is 101 Å². The number of aliphatic hydroxyl groups is 1. The number of aliphatic hydroxyl groups excluding tert-OH is 1. The largest absolute Gasteiger partial charge is 0.391 e. The summed E-state index contributed by atoms with van der Waals surface area (Å²) in [5.41, 5.74) is 1.84. The van der Waals surface area contributed by atoms with Crippen molar-refractivity contribution >= 4 is 0 Å². The van der Waals surface area contributed by atoms with Gasteiger partial charge in [-0.1, -0.05) is 11.6 Å². The number of aromatic nitrogens is 3. The predicted octanol–water partition coefficient (Wildman–Crippen LogP) is 1.55. The minimum atomic E-state index is -0.467. The van der Waals surface area contributed by atoms with Crippen LogP contribution in [0.3, 0.4) is 0 Å². The lowest BCUT2D eigenvalue weighted by Gasteiger charge is -2.28. The van der Waals surface area contributed by atoms with Gasteiger partial charge in [0.2, 0.25) is 0 Å². The van der Waals surface area contributed by atoms with E-state index < -0.39 is 6.10 Å². The van der Waals surface area contributed by atoms with Gasteiger partial charge in [0.1, 0.15) is 5.69 Å². The minimum absolute atomic E-state index is 0.0921. The Morgan fingerprint density at radius 3 is 2.71 bits per heavy atom. The molecule has 0 aromatic carbocycles. The molecule has 0 amide bonds. The Hall–Kier alpha value is -1.41. The molecule has 0 aliphatic heterocycles. The maximum atomic E-state index is 9.66. The summed E-state index contributed by atoms with van der Waals surface area (Å²) in [5, 5.41) is 26.7. The zero-order valence-electron chi connectivity index (χ0n) is 10.3. The van der Waals surface area contributed by atoms with Gasteiger partial charge in [0, 0.05) is 5.92 Å². The second-order valence-electron chi connectivity index (χ2n) is 4.81. The van der Waals surface area contributed by atoms with Crippen LogP contribution in [-0.4, -0.2) is 26.2 Å². The van der Waals surface area contributed by atoms with Gasteiger partial charge in [-0.15, -0.1) is 5.10 Å². The number of hydrogen-bond donors (Lipinski definition) is 1. The van der Waals surface area contributed by atoms with Crippen molar-refractivity contribution < 1.29 is 5.11 Å². The normalized spacial score (nSPS) is 19.4. The number of rotatable bonds is 4. The third kappa shape index (κ3) is 2.18. The molecule has 17 heavy (non-hydrogen) atoms. The van der Waals surface area contributed by atoms with Crippen molar-refractivity contribution in [1.29, 1.82) is 5.26 Å². The predicted molar refractivity (Wildman–Crippen MR) is 62.3 cm³/mol. The SMILES string of the molecule is CC(O)C(C)n1nnc(CC#N)c1C1CCC1. The first-order chi connectivity index (χ1) is 8.15. The van der Waals surface area contributed by atoms with Crippen LogP contribution in [0, 0.1) is 11.3 Å². The number of nitrogens with zero attached hydrogens (tertiary/aromatic N) is 4. The number of hydrogen-bond acceptors (Lipinski definition) is 4. The molecule has 1 aromatic rings. The van der Waals surface area contributed by atoms with Crippen molar-refractivity contribution in [1.82, 2.24) is 15.0 Å². The Balaban J connectivity index is 2.34. The van der Waals surface area contributed by atoms with E-state index in [1.165, 1.54) is 6.42 Å². The highest BCUT2D eigenvalue weighted by atomic mass is 16.3. The van der Waals surface area contributed by atoms with Gasteiger partial charge >= 0.3 is 0 Å². The Morgan fingerprint density at radius 1 is 1.53 bits per heavy atom. The molecule has 0 bridgehead atoms. The van der Waals surface area contributed by atoms with Crippen molar-refractivity contribution in [2.24, 2.45) is 0 Å². The molecule has 2 unspecified atom stereocenters. The van der Waals surface area contributed by atoms with Gasteiger partial charge in [0.15, 0.2) is 0 Å². The first kappa shape index (κ1) is 12.1. The lowest BCUT2D eigenvalue weighted by Crippen LogP contribution is -2.24. The lowest BCUT2D eigenvalue weighted by atomic mass is 9.81. The van der Waals surface area contributed by atoms with Gasteiger partial charge in [0.05, 0.1) is 30.3 Å². The van der Waals surface area contributed by atoms with E-state index in [-0.39, 0.29) is 6.04 Å². The molecule has 92 valence electrons. The third-order valence-corrected chi connectivity index (χ3v) is 3.63. The number of nitriles is 1. The summed E-state index contributed by atoms with van der Waals surface area (Å²) in [4.78, 5) is 0. The van der Waals surface area contributed by atoms with Gasteiger partial charge in [0.25, 0.3) is 0 Å². The van der Waals surface area contributed by atoms with Gasteiger partial charge in [-0.25, -0.2) is 4.68 Å². The minimum Gasteiger partial charge on any atom is -0.391 e. The first-order valence-electron chi connectivity index (χ1n) is 6.14. The van der Waals surface area contributed by atoms with Crippen LogP contribution in [0.1, 0.15) is 56.5 Å². The summed E-state index contributed by atoms with van der Waals surface area (Å²) in [6.45, 7) is 3.68. The molecule has 2 atom stereocenters. The van der Waals surface area contributed by atoms with Gasteiger partial charge in [-0.3, -0.25) is 0 Å². The highest BCUT2D eigenvalue weighted by Crippen LogP contribution is 2.38. The fourth-order valence-corrected chi connectivity index (χ4v) is 2.14. The van der Waals surface area contributed by atoms with Crippen molar-refractivity contribution in [2.45, 2.75) is 57.6 Å². The topological polar surface area (TPSA) is 74.7 Å². The highest BCUT2D eigenvalue weighted by Gasteiger charge is 2.29. The van der Waals surface area contributed by atoms with Gasteiger partial charge < -0.3 is 5.11 Å².